The summed E-state index contributed by atoms with van der Waals surface area (Å²) >= 11 is 0. The summed E-state index contributed by atoms with van der Waals surface area (Å²) in [7, 11) is 0. The van der Waals surface area contributed by atoms with Crippen molar-refractivity contribution >= 4 is 11.8 Å². The standard InChI is InChI=1S/C17H25NO4/c1-4-5-6-11-20-16(19)18-13-7-9-14(10-8-13)22-17(2,3)15-12-21-15/h7-10,15H,4-6,11-12H2,1-3H3,(H,18,19). The molecule has 2 rings (SSSR count). The Labute approximate surface area is 131 Å². The first-order chi connectivity index (χ1) is 10.5. The third-order valence-electron chi connectivity index (χ3n) is 3.57. The zero-order chi connectivity index (χ0) is 16.0. The van der Waals surface area contributed by atoms with Crippen LogP contribution in [0.4, 0.5) is 10.5 Å². The van der Waals surface area contributed by atoms with Crippen molar-refractivity contribution in [2.24, 2.45) is 0 Å². The van der Waals surface area contributed by atoms with Gasteiger partial charge in [0.2, 0.25) is 0 Å². The summed E-state index contributed by atoms with van der Waals surface area (Å²) in [5.41, 5.74) is 0.348. The maximum atomic E-state index is 11.6. The highest BCUT2D eigenvalue weighted by Gasteiger charge is 2.41. The van der Waals surface area contributed by atoms with Crippen molar-refractivity contribution in [3.05, 3.63) is 24.3 Å². The summed E-state index contributed by atoms with van der Waals surface area (Å²) < 4.78 is 16.3. The van der Waals surface area contributed by atoms with Crippen molar-refractivity contribution in [2.75, 3.05) is 18.5 Å². The van der Waals surface area contributed by atoms with E-state index < -0.39 is 6.09 Å². The van der Waals surface area contributed by atoms with Crippen LogP contribution in [0.2, 0.25) is 0 Å². The maximum Gasteiger partial charge on any atom is 0.411 e. The predicted molar refractivity (Wildman–Crippen MR) is 85.4 cm³/mol. The average molecular weight is 307 g/mol. The van der Waals surface area contributed by atoms with Gasteiger partial charge in [0.15, 0.2) is 0 Å². The monoisotopic (exact) mass is 307 g/mol. The number of epoxide rings is 1. The number of unbranched alkanes of at least 4 members (excludes halogenated alkanes) is 2. The van der Waals surface area contributed by atoms with Crippen LogP contribution in [0.15, 0.2) is 24.3 Å². The first-order valence-electron chi connectivity index (χ1n) is 7.85. The number of anilines is 1. The number of amides is 1. The zero-order valence-corrected chi connectivity index (χ0v) is 13.6. The summed E-state index contributed by atoms with van der Waals surface area (Å²) in [5.74, 6) is 0.752. The molecule has 22 heavy (non-hydrogen) atoms. The quantitative estimate of drug-likeness (QED) is 0.583. The van der Waals surface area contributed by atoms with Gasteiger partial charge in [0.05, 0.1) is 13.2 Å². The largest absolute Gasteiger partial charge is 0.485 e. The number of benzene rings is 1. The van der Waals surface area contributed by atoms with Crippen molar-refractivity contribution in [3.8, 4) is 5.75 Å². The van der Waals surface area contributed by atoms with E-state index in [0.29, 0.717) is 12.3 Å². The van der Waals surface area contributed by atoms with Crippen LogP contribution in [0, 0.1) is 0 Å². The molecule has 1 aliphatic heterocycles. The van der Waals surface area contributed by atoms with Crippen LogP contribution in [0.5, 0.6) is 5.75 Å². The van der Waals surface area contributed by atoms with Gasteiger partial charge in [0.25, 0.3) is 0 Å². The lowest BCUT2D eigenvalue weighted by atomic mass is 10.1. The molecule has 1 aromatic carbocycles. The number of nitrogens with one attached hydrogen (secondary N) is 1. The molecule has 5 heteroatoms. The Balaban J connectivity index is 1.77. The second kappa shape index (κ2) is 7.49. The Morgan fingerprint density at radius 1 is 1.32 bits per heavy atom. The minimum absolute atomic E-state index is 0.156. The Morgan fingerprint density at radius 3 is 2.59 bits per heavy atom. The van der Waals surface area contributed by atoms with Gasteiger partial charge in [-0.2, -0.15) is 0 Å². The number of carbonyl (C=O) groups is 1. The van der Waals surface area contributed by atoms with Crippen LogP contribution in [-0.2, 0) is 9.47 Å². The first-order valence-corrected chi connectivity index (χ1v) is 7.85. The second-order valence-electron chi connectivity index (χ2n) is 6.02. The Bertz CT molecular complexity index is 480. The lowest BCUT2D eigenvalue weighted by Gasteiger charge is -2.24. The van der Waals surface area contributed by atoms with Crippen LogP contribution in [0.1, 0.15) is 40.0 Å². The van der Waals surface area contributed by atoms with Crippen molar-refractivity contribution in [1.82, 2.24) is 0 Å². The van der Waals surface area contributed by atoms with Gasteiger partial charge in [-0.1, -0.05) is 19.8 Å². The topological polar surface area (TPSA) is 60.1 Å². The van der Waals surface area contributed by atoms with Crippen LogP contribution >= 0.6 is 0 Å². The highest BCUT2D eigenvalue weighted by Crippen LogP contribution is 2.30. The van der Waals surface area contributed by atoms with Gasteiger partial charge in [-0.25, -0.2) is 4.79 Å². The molecule has 1 fully saturated rings. The van der Waals surface area contributed by atoms with Crippen molar-refractivity contribution in [1.29, 1.82) is 0 Å². The van der Waals surface area contributed by atoms with Crippen LogP contribution in [-0.4, -0.2) is 31.0 Å². The maximum absolute atomic E-state index is 11.6. The molecular weight excluding hydrogens is 282 g/mol. The van der Waals surface area contributed by atoms with Crippen LogP contribution in [0.25, 0.3) is 0 Å². The molecule has 0 aromatic heterocycles. The lowest BCUT2D eigenvalue weighted by molar-refractivity contribution is 0.0744. The summed E-state index contributed by atoms with van der Waals surface area (Å²) in [5, 5.41) is 2.70. The van der Waals surface area contributed by atoms with E-state index in [4.69, 9.17) is 14.2 Å². The van der Waals surface area contributed by atoms with E-state index in [2.05, 4.69) is 12.2 Å². The van der Waals surface area contributed by atoms with E-state index in [1.54, 1.807) is 12.1 Å². The van der Waals surface area contributed by atoms with Crippen molar-refractivity contribution < 1.29 is 19.0 Å². The fraction of sp³-hybridized carbons (Fsp3) is 0.588. The van der Waals surface area contributed by atoms with Gasteiger partial charge in [-0.15, -0.1) is 0 Å². The van der Waals surface area contributed by atoms with Gasteiger partial charge >= 0.3 is 6.09 Å². The zero-order valence-electron chi connectivity index (χ0n) is 13.6. The van der Waals surface area contributed by atoms with Gasteiger partial charge < -0.3 is 14.2 Å². The molecule has 0 saturated carbocycles. The predicted octanol–water partition coefficient (Wildman–Crippen LogP) is 3.98. The Kier molecular flexibility index (Phi) is 5.66. The van der Waals surface area contributed by atoms with Crippen molar-refractivity contribution in [3.63, 3.8) is 0 Å². The molecule has 1 N–H and O–H groups in total. The van der Waals surface area contributed by atoms with E-state index in [-0.39, 0.29) is 11.7 Å². The molecule has 1 heterocycles. The van der Waals surface area contributed by atoms with Gasteiger partial charge in [0, 0.05) is 5.69 Å². The van der Waals surface area contributed by atoms with Crippen LogP contribution < -0.4 is 10.1 Å². The van der Waals surface area contributed by atoms with E-state index in [1.807, 2.05) is 26.0 Å². The lowest BCUT2D eigenvalue weighted by Crippen LogP contribution is -2.34. The first kappa shape index (κ1) is 16.6. The smallest absolute Gasteiger partial charge is 0.411 e. The molecule has 1 aliphatic rings. The van der Waals surface area contributed by atoms with E-state index >= 15 is 0 Å². The molecule has 5 nitrogen and oxygen atoms in total. The molecule has 1 amide bonds. The summed E-state index contributed by atoms with van der Waals surface area (Å²) in [6, 6.07) is 7.26. The van der Waals surface area contributed by atoms with E-state index in [0.717, 1.165) is 31.6 Å². The Hall–Kier alpha value is -1.75. The number of rotatable bonds is 8. The van der Waals surface area contributed by atoms with Crippen molar-refractivity contribution in [2.45, 2.75) is 51.7 Å². The molecule has 122 valence electrons. The molecule has 0 bridgehead atoms. The third-order valence-corrected chi connectivity index (χ3v) is 3.57. The SMILES string of the molecule is CCCCCOC(=O)Nc1ccc(OC(C)(C)C2CO2)cc1. The van der Waals surface area contributed by atoms with Crippen LogP contribution in [0.3, 0.4) is 0 Å². The minimum Gasteiger partial charge on any atom is -0.485 e. The highest BCUT2D eigenvalue weighted by molar-refractivity contribution is 5.84. The van der Waals surface area contributed by atoms with E-state index in [9.17, 15) is 4.79 Å². The number of hydrogen-bond acceptors (Lipinski definition) is 4. The number of hydrogen-bond donors (Lipinski definition) is 1. The molecule has 1 aromatic rings. The summed E-state index contributed by atoms with van der Waals surface area (Å²) in [4.78, 5) is 11.6. The molecule has 1 unspecified atom stereocenters. The molecule has 0 spiro atoms. The third kappa shape index (κ3) is 5.22. The highest BCUT2D eigenvalue weighted by atomic mass is 16.6. The van der Waals surface area contributed by atoms with Gasteiger partial charge in [-0.05, 0) is 44.5 Å². The second-order valence-corrected chi connectivity index (χ2v) is 6.02. The summed E-state index contributed by atoms with van der Waals surface area (Å²) in [6.45, 7) is 7.32. The average Bonchev–Trinajstić information content (AvgIpc) is 3.30. The number of carbonyl (C=O) groups excluding carboxylic acids is 1. The molecular formula is C17H25NO4. The summed E-state index contributed by atoms with van der Waals surface area (Å²) in [6.07, 6.45) is 2.81. The number of ether oxygens (including phenoxy) is 3. The molecule has 0 radical (unpaired) electrons. The fourth-order valence-corrected chi connectivity index (χ4v) is 2.10. The molecule has 1 saturated heterocycles. The Morgan fingerprint density at radius 2 is 2.00 bits per heavy atom. The molecule has 1 atom stereocenters. The van der Waals surface area contributed by atoms with Gasteiger partial charge in [0.1, 0.15) is 17.5 Å². The van der Waals surface area contributed by atoms with Gasteiger partial charge in [-0.3, -0.25) is 5.32 Å². The molecule has 0 aliphatic carbocycles. The minimum atomic E-state index is -0.420. The fourth-order valence-electron chi connectivity index (χ4n) is 2.10. The normalized spacial score (nSPS) is 17.0. The van der Waals surface area contributed by atoms with E-state index in [1.165, 1.54) is 0 Å².